The third-order valence-corrected chi connectivity index (χ3v) is 4.08. The summed E-state index contributed by atoms with van der Waals surface area (Å²) in [6, 6.07) is 6.29. The van der Waals surface area contributed by atoms with Crippen LogP contribution in [0.25, 0.3) is 10.9 Å². The molecule has 1 aromatic heterocycles. The van der Waals surface area contributed by atoms with Gasteiger partial charge in [-0.3, -0.25) is 4.79 Å². The van der Waals surface area contributed by atoms with E-state index >= 15 is 0 Å². The van der Waals surface area contributed by atoms with Gasteiger partial charge in [0, 0.05) is 40.2 Å². The van der Waals surface area contributed by atoms with E-state index < -0.39 is 23.7 Å². The first-order valence-corrected chi connectivity index (χ1v) is 7.97. The molecule has 27 heavy (non-hydrogen) atoms. The van der Waals surface area contributed by atoms with Gasteiger partial charge in [0.1, 0.15) is 11.5 Å². The number of fused-ring (bicyclic) bond motifs is 1. The predicted molar refractivity (Wildman–Crippen MR) is 91.0 cm³/mol. The molecule has 2 aromatic carbocycles. The number of carbonyl (C=O) groups excluding carboxylic acids is 1. The predicted octanol–water partition coefficient (Wildman–Crippen LogP) is 5.29. The molecule has 0 fully saturated rings. The first-order valence-electron chi connectivity index (χ1n) is 7.60. The maximum Gasteiger partial charge on any atom is 0.573 e. The fourth-order valence-corrected chi connectivity index (χ4v) is 2.88. The van der Waals surface area contributed by atoms with Crippen LogP contribution in [0.1, 0.15) is 15.9 Å². The lowest BCUT2D eigenvalue weighted by molar-refractivity contribution is -0.274. The molecular formula is C18H12ClF4NO3. The molecule has 0 unspecified atom stereocenters. The van der Waals surface area contributed by atoms with Crippen LogP contribution in [0.4, 0.5) is 17.6 Å². The third-order valence-electron chi connectivity index (χ3n) is 3.85. The lowest BCUT2D eigenvalue weighted by atomic mass is 10.0. The average Bonchev–Trinajstić information content (AvgIpc) is 2.99. The Hall–Kier alpha value is -2.74. The van der Waals surface area contributed by atoms with Crippen molar-refractivity contribution in [2.24, 2.45) is 0 Å². The molecule has 0 saturated carbocycles. The van der Waals surface area contributed by atoms with Gasteiger partial charge < -0.3 is 14.5 Å². The van der Waals surface area contributed by atoms with E-state index in [4.69, 9.17) is 16.3 Å². The highest BCUT2D eigenvalue weighted by atomic mass is 35.5. The SMILES string of the molecule is COc1cc(Cl)ccc1CC(=O)c1c[nH]c2c(F)cc(OC(F)(F)F)cc12. The number of H-pyrrole nitrogens is 1. The van der Waals surface area contributed by atoms with Crippen LogP contribution in [0, 0.1) is 5.82 Å². The number of methoxy groups -OCH3 is 1. The smallest absolute Gasteiger partial charge is 0.496 e. The van der Waals surface area contributed by atoms with Gasteiger partial charge in [0.25, 0.3) is 0 Å². The maximum atomic E-state index is 14.1. The molecule has 0 aliphatic heterocycles. The van der Waals surface area contributed by atoms with E-state index in [0.29, 0.717) is 22.4 Å². The topological polar surface area (TPSA) is 51.3 Å². The Balaban J connectivity index is 1.98. The number of hydrogen-bond donors (Lipinski definition) is 1. The number of ketones is 1. The monoisotopic (exact) mass is 401 g/mol. The minimum Gasteiger partial charge on any atom is -0.496 e. The number of nitrogens with one attached hydrogen (secondary N) is 1. The number of ether oxygens (including phenoxy) is 2. The zero-order valence-corrected chi connectivity index (χ0v) is 14.5. The van der Waals surface area contributed by atoms with Crippen molar-refractivity contribution in [1.82, 2.24) is 4.98 Å². The second-order valence-electron chi connectivity index (χ2n) is 5.63. The Morgan fingerprint density at radius 1 is 1.22 bits per heavy atom. The van der Waals surface area contributed by atoms with E-state index in [2.05, 4.69) is 9.72 Å². The van der Waals surface area contributed by atoms with Gasteiger partial charge in [0.05, 0.1) is 12.6 Å². The van der Waals surface area contributed by atoms with Gasteiger partial charge in [-0.2, -0.15) is 0 Å². The Labute approximate surface area is 155 Å². The molecule has 0 saturated heterocycles. The lowest BCUT2D eigenvalue weighted by Crippen LogP contribution is -2.17. The van der Waals surface area contributed by atoms with Gasteiger partial charge >= 0.3 is 6.36 Å². The van der Waals surface area contributed by atoms with E-state index in [1.54, 1.807) is 12.1 Å². The van der Waals surface area contributed by atoms with Gasteiger partial charge in [-0.05, 0) is 18.2 Å². The number of Topliss-reactive ketones (excluding diaryl/α,β-unsaturated/α-hetero) is 1. The first kappa shape index (κ1) is 19.0. The summed E-state index contributed by atoms with van der Waals surface area (Å²) in [5.74, 6) is -1.76. The van der Waals surface area contributed by atoms with Crippen LogP contribution >= 0.6 is 11.6 Å². The van der Waals surface area contributed by atoms with Crippen LogP contribution in [-0.4, -0.2) is 24.2 Å². The molecule has 3 aromatic rings. The number of rotatable bonds is 5. The molecule has 0 spiro atoms. The number of aromatic nitrogens is 1. The van der Waals surface area contributed by atoms with Crippen LogP contribution in [0.3, 0.4) is 0 Å². The molecule has 3 rings (SSSR count). The summed E-state index contributed by atoms with van der Waals surface area (Å²) in [4.78, 5) is 15.2. The second-order valence-corrected chi connectivity index (χ2v) is 6.07. The summed E-state index contributed by atoms with van der Waals surface area (Å²) in [5.41, 5.74) is 0.480. The zero-order valence-electron chi connectivity index (χ0n) is 13.8. The minimum absolute atomic E-state index is 0.00724. The lowest BCUT2D eigenvalue weighted by Gasteiger charge is -2.10. The Morgan fingerprint density at radius 2 is 1.96 bits per heavy atom. The molecule has 4 nitrogen and oxygen atoms in total. The van der Waals surface area contributed by atoms with Crippen molar-refractivity contribution < 1.29 is 31.8 Å². The quantitative estimate of drug-likeness (QED) is 0.466. The van der Waals surface area contributed by atoms with Crippen molar-refractivity contribution in [3.05, 3.63) is 58.5 Å². The zero-order chi connectivity index (χ0) is 19.8. The summed E-state index contributed by atoms with van der Waals surface area (Å²) in [7, 11) is 1.42. The van der Waals surface area contributed by atoms with Gasteiger partial charge in [0.2, 0.25) is 0 Å². The number of carbonyl (C=O) groups is 1. The Morgan fingerprint density at radius 3 is 2.63 bits per heavy atom. The molecule has 0 aliphatic carbocycles. The van der Waals surface area contributed by atoms with Crippen LogP contribution in [-0.2, 0) is 6.42 Å². The van der Waals surface area contributed by atoms with Crippen LogP contribution in [0.5, 0.6) is 11.5 Å². The van der Waals surface area contributed by atoms with Crippen molar-refractivity contribution in [3.8, 4) is 11.5 Å². The van der Waals surface area contributed by atoms with Crippen LogP contribution < -0.4 is 9.47 Å². The van der Waals surface area contributed by atoms with E-state index in [1.165, 1.54) is 19.4 Å². The fraction of sp³-hybridized carbons (Fsp3) is 0.167. The molecule has 1 heterocycles. The molecule has 0 amide bonds. The third kappa shape index (κ3) is 4.16. The highest BCUT2D eigenvalue weighted by molar-refractivity contribution is 6.30. The van der Waals surface area contributed by atoms with Gasteiger partial charge in [-0.25, -0.2) is 4.39 Å². The summed E-state index contributed by atoms with van der Waals surface area (Å²) < 4.78 is 60.3. The summed E-state index contributed by atoms with van der Waals surface area (Å²) >= 11 is 5.88. The summed E-state index contributed by atoms with van der Waals surface area (Å²) in [6.07, 6.45) is -3.84. The highest BCUT2D eigenvalue weighted by Gasteiger charge is 2.32. The van der Waals surface area contributed by atoms with Crippen LogP contribution in [0.2, 0.25) is 5.02 Å². The average molecular weight is 402 g/mol. The van der Waals surface area contributed by atoms with E-state index in [-0.39, 0.29) is 22.9 Å². The summed E-state index contributed by atoms with van der Waals surface area (Å²) in [5, 5.41) is 0.415. The Bertz CT molecular complexity index is 1010. The van der Waals surface area contributed by atoms with Crippen molar-refractivity contribution in [2.45, 2.75) is 12.8 Å². The molecule has 142 valence electrons. The normalized spacial score (nSPS) is 11.6. The molecular weight excluding hydrogens is 390 g/mol. The van der Waals surface area contributed by atoms with Crippen molar-refractivity contribution in [2.75, 3.05) is 7.11 Å². The van der Waals surface area contributed by atoms with E-state index in [1.807, 2.05) is 0 Å². The van der Waals surface area contributed by atoms with E-state index in [9.17, 15) is 22.4 Å². The first-order chi connectivity index (χ1) is 12.7. The standard InChI is InChI=1S/C18H12ClF4NO3/c1-26-16-5-10(19)3-2-9(16)4-15(25)13-8-24-17-12(13)6-11(7-14(17)20)27-18(21,22)23/h2-3,5-8,24H,4H2,1H3. The van der Waals surface area contributed by atoms with Gasteiger partial charge in [-0.15, -0.1) is 13.2 Å². The highest BCUT2D eigenvalue weighted by Crippen LogP contribution is 2.31. The van der Waals surface area contributed by atoms with E-state index in [0.717, 1.165) is 6.07 Å². The largest absolute Gasteiger partial charge is 0.573 e. The number of halogens is 5. The van der Waals surface area contributed by atoms with Crippen molar-refractivity contribution in [3.63, 3.8) is 0 Å². The Kier molecular flexibility index (Phi) is 5.01. The summed E-state index contributed by atoms with van der Waals surface area (Å²) in [6.45, 7) is 0. The minimum atomic E-state index is -4.97. The van der Waals surface area contributed by atoms with Crippen molar-refractivity contribution >= 4 is 28.3 Å². The maximum absolute atomic E-state index is 14.1. The molecule has 0 radical (unpaired) electrons. The molecule has 1 N–H and O–H groups in total. The van der Waals surface area contributed by atoms with Gasteiger partial charge in [0.15, 0.2) is 11.6 Å². The number of hydrogen-bond acceptors (Lipinski definition) is 3. The molecule has 0 atom stereocenters. The number of aromatic amines is 1. The second kappa shape index (κ2) is 7.11. The van der Waals surface area contributed by atoms with Gasteiger partial charge in [-0.1, -0.05) is 17.7 Å². The molecule has 9 heteroatoms. The number of benzene rings is 2. The van der Waals surface area contributed by atoms with Crippen LogP contribution in [0.15, 0.2) is 36.5 Å². The molecule has 0 aliphatic rings. The fourth-order valence-electron chi connectivity index (χ4n) is 2.72. The number of alkyl halides is 3. The molecule has 0 bridgehead atoms. The van der Waals surface area contributed by atoms with Crippen molar-refractivity contribution in [1.29, 1.82) is 0 Å².